The normalized spacial score (nSPS) is 13.8. The SMILES string of the molecule is Nc1ccccc1NC(=O)/C=C/c1cccc(CNc2cccc(N3CCCCC3)c2)c1. The molecule has 1 heterocycles. The fourth-order valence-electron chi connectivity index (χ4n) is 3.93. The number of carbonyl (C=O) groups excluding carboxylic acids is 1. The van der Waals surface area contributed by atoms with E-state index in [1.54, 1.807) is 12.1 Å². The second-order valence-corrected chi connectivity index (χ2v) is 8.11. The van der Waals surface area contributed by atoms with Crippen molar-refractivity contribution in [3.63, 3.8) is 0 Å². The van der Waals surface area contributed by atoms with Gasteiger partial charge in [-0.2, -0.15) is 0 Å². The standard InChI is InChI=1S/C27H30N4O/c28-25-12-2-3-13-26(25)30-27(32)15-14-21-8-6-9-22(18-21)20-29-23-10-7-11-24(19-23)31-16-4-1-5-17-31/h2-3,6-15,18-19,29H,1,4-5,16-17,20,28H2,(H,30,32)/b15-14+. The van der Waals surface area contributed by atoms with E-state index in [0.29, 0.717) is 11.4 Å². The lowest BCUT2D eigenvalue weighted by atomic mass is 10.1. The number of amides is 1. The second kappa shape index (κ2) is 10.5. The van der Waals surface area contributed by atoms with E-state index in [0.717, 1.165) is 36.4 Å². The molecule has 0 radical (unpaired) electrons. The molecule has 5 nitrogen and oxygen atoms in total. The molecule has 0 spiro atoms. The van der Waals surface area contributed by atoms with Crippen molar-refractivity contribution in [1.29, 1.82) is 0 Å². The summed E-state index contributed by atoms with van der Waals surface area (Å²) < 4.78 is 0. The number of piperidine rings is 1. The van der Waals surface area contributed by atoms with Gasteiger partial charge in [-0.3, -0.25) is 4.79 Å². The van der Waals surface area contributed by atoms with E-state index in [1.807, 2.05) is 30.3 Å². The summed E-state index contributed by atoms with van der Waals surface area (Å²) in [4.78, 5) is 14.7. The van der Waals surface area contributed by atoms with Crippen LogP contribution in [0, 0.1) is 0 Å². The highest BCUT2D eigenvalue weighted by Crippen LogP contribution is 2.23. The average molecular weight is 427 g/mol. The number of hydrogen-bond donors (Lipinski definition) is 3. The van der Waals surface area contributed by atoms with Gasteiger partial charge in [-0.15, -0.1) is 0 Å². The smallest absolute Gasteiger partial charge is 0.248 e. The molecule has 0 saturated carbocycles. The Kier molecular flexibility index (Phi) is 7.08. The Morgan fingerprint density at radius 3 is 2.59 bits per heavy atom. The van der Waals surface area contributed by atoms with Crippen molar-refractivity contribution in [3.8, 4) is 0 Å². The van der Waals surface area contributed by atoms with Gasteiger partial charge in [0, 0.05) is 37.1 Å². The van der Waals surface area contributed by atoms with Gasteiger partial charge in [0.2, 0.25) is 5.91 Å². The molecule has 0 aromatic heterocycles. The Hall–Kier alpha value is -3.73. The van der Waals surface area contributed by atoms with Crippen LogP contribution in [-0.4, -0.2) is 19.0 Å². The molecule has 0 aliphatic carbocycles. The quantitative estimate of drug-likeness (QED) is 0.343. The summed E-state index contributed by atoms with van der Waals surface area (Å²) in [6.07, 6.45) is 7.22. The lowest BCUT2D eigenvalue weighted by Gasteiger charge is -2.29. The van der Waals surface area contributed by atoms with E-state index in [-0.39, 0.29) is 5.91 Å². The van der Waals surface area contributed by atoms with Gasteiger partial charge >= 0.3 is 0 Å². The summed E-state index contributed by atoms with van der Waals surface area (Å²) in [5, 5.41) is 6.33. The van der Waals surface area contributed by atoms with Crippen LogP contribution in [0.15, 0.2) is 78.9 Å². The minimum Gasteiger partial charge on any atom is -0.397 e. The predicted octanol–water partition coefficient (Wildman–Crippen LogP) is 5.52. The van der Waals surface area contributed by atoms with E-state index in [2.05, 4.69) is 51.9 Å². The number of nitrogens with zero attached hydrogens (tertiary/aromatic N) is 1. The molecule has 164 valence electrons. The number of nitrogen functional groups attached to an aromatic ring is 1. The highest BCUT2D eigenvalue weighted by atomic mass is 16.1. The molecule has 4 rings (SSSR count). The molecule has 5 heteroatoms. The first-order chi connectivity index (χ1) is 15.7. The maximum Gasteiger partial charge on any atom is 0.248 e. The van der Waals surface area contributed by atoms with Crippen LogP contribution in [-0.2, 0) is 11.3 Å². The fraction of sp³-hybridized carbons (Fsp3) is 0.222. The molecule has 3 aromatic carbocycles. The van der Waals surface area contributed by atoms with E-state index in [9.17, 15) is 4.79 Å². The first-order valence-corrected chi connectivity index (χ1v) is 11.2. The fourth-order valence-corrected chi connectivity index (χ4v) is 3.93. The third kappa shape index (κ3) is 5.91. The van der Waals surface area contributed by atoms with Crippen molar-refractivity contribution in [2.24, 2.45) is 0 Å². The summed E-state index contributed by atoms with van der Waals surface area (Å²) in [6.45, 7) is 3.00. The number of carbonyl (C=O) groups is 1. The number of nitrogens with one attached hydrogen (secondary N) is 2. The monoisotopic (exact) mass is 426 g/mol. The van der Waals surface area contributed by atoms with Crippen LogP contribution in [0.3, 0.4) is 0 Å². The predicted molar refractivity (Wildman–Crippen MR) is 135 cm³/mol. The third-order valence-electron chi connectivity index (χ3n) is 5.66. The molecular formula is C27H30N4O. The van der Waals surface area contributed by atoms with E-state index in [1.165, 1.54) is 31.0 Å². The highest BCUT2D eigenvalue weighted by molar-refractivity contribution is 6.03. The van der Waals surface area contributed by atoms with Gasteiger partial charge in [0.15, 0.2) is 0 Å². The van der Waals surface area contributed by atoms with Crippen LogP contribution in [0.25, 0.3) is 6.08 Å². The van der Waals surface area contributed by atoms with Gasteiger partial charge in [-0.25, -0.2) is 0 Å². The Bertz CT molecular complexity index is 1090. The molecule has 1 aliphatic heterocycles. The van der Waals surface area contributed by atoms with Crippen LogP contribution in [0.5, 0.6) is 0 Å². The lowest BCUT2D eigenvalue weighted by Crippen LogP contribution is -2.29. The maximum absolute atomic E-state index is 12.2. The topological polar surface area (TPSA) is 70.4 Å². The summed E-state index contributed by atoms with van der Waals surface area (Å²) in [5.41, 5.74) is 11.6. The first kappa shape index (κ1) is 21.5. The molecule has 4 N–H and O–H groups in total. The Morgan fingerprint density at radius 1 is 0.938 bits per heavy atom. The van der Waals surface area contributed by atoms with Crippen LogP contribution in [0.2, 0.25) is 0 Å². The van der Waals surface area contributed by atoms with Crippen LogP contribution < -0.4 is 21.3 Å². The molecule has 3 aromatic rings. The van der Waals surface area contributed by atoms with Crippen LogP contribution in [0.4, 0.5) is 22.7 Å². The van der Waals surface area contributed by atoms with Crippen LogP contribution >= 0.6 is 0 Å². The van der Waals surface area contributed by atoms with Gasteiger partial charge in [0.25, 0.3) is 0 Å². The molecule has 32 heavy (non-hydrogen) atoms. The number of nitrogens with two attached hydrogens (primary N) is 1. The van der Waals surface area contributed by atoms with Gasteiger partial charge in [0.1, 0.15) is 0 Å². The van der Waals surface area contributed by atoms with Crippen molar-refractivity contribution in [2.75, 3.05) is 34.4 Å². The molecule has 0 unspecified atom stereocenters. The molecular weight excluding hydrogens is 396 g/mol. The number of anilines is 4. The largest absolute Gasteiger partial charge is 0.397 e. The summed E-state index contributed by atoms with van der Waals surface area (Å²) in [5.74, 6) is -0.207. The Balaban J connectivity index is 1.34. The minimum atomic E-state index is -0.207. The zero-order valence-corrected chi connectivity index (χ0v) is 18.3. The number of hydrogen-bond acceptors (Lipinski definition) is 4. The summed E-state index contributed by atoms with van der Waals surface area (Å²) in [6, 6.07) is 24.0. The molecule has 1 saturated heterocycles. The van der Waals surface area contributed by atoms with Crippen molar-refractivity contribution < 1.29 is 4.79 Å². The highest BCUT2D eigenvalue weighted by Gasteiger charge is 2.11. The molecule has 1 aliphatic rings. The molecule has 0 bridgehead atoms. The number of para-hydroxylation sites is 2. The van der Waals surface area contributed by atoms with Gasteiger partial charge < -0.3 is 21.3 Å². The third-order valence-corrected chi connectivity index (χ3v) is 5.66. The van der Waals surface area contributed by atoms with E-state index in [4.69, 9.17) is 5.73 Å². The molecule has 1 amide bonds. The minimum absolute atomic E-state index is 0.207. The van der Waals surface area contributed by atoms with Gasteiger partial charge in [0.05, 0.1) is 11.4 Å². The number of benzene rings is 3. The lowest BCUT2D eigenvalue weighted by molar-refractivity contribution is -0.111. The zero-order valence-electron chi connectivity index (χ0n) is 18.3. The van der Waals surface area contributed by atoms with Crippen molar-refractivity contribution >= 4 is 34.7 Å². The van der Waals surface area contributed by atoms with Crippen LogP contribution in [0.1, 0.15) is 30.4 Å². The average Bonchev–Trinajstić information content (AvgIpc) is 2.84. The van der Waals surface area contributed by atoms with E-state index < -0.39 is 0 Å². The van der Waals surface area contributed by atoms with Gasteiger partial charge in [-0.1, -0.05) is 36.4 Å². The zero-order chi connectivity index (χ0) is 22.2. The van der Waals surface area contributed by atoms with Crippen molar-refractivity contribution in [1.82, 2.24) is 0 Å². The number of rotatable bonds is 7. The molecule has 0 atom stereocenters. The van der Waals surface area contributed by atoms with Gasteiger partial charge in [-0.05, 0) is 72.9 Å². The van der Waals surface area contributed by atoms with Crippen molar-refractivity contribution in [3.05, 3.63) is 90.0 Å². The Morgan fingerprint density at radius 2 is 1.75 bits per heavy atom. The summed E-state index contributed by atoms with van der Waals surface area (Å²) >= 11 is 0. The van der Waals surface area contributed by atoms with E-state index >= 15 is 0 Å². The summed E-state index contributed by atoms with van der Waals surface area (Å²) in [7, 11) is 0. The Labute approximate surface area is 189 Å². The molecule has 1 fully saturated rings. The van der Waals surface area contributed by atoms with Crippen molar-refractivity contribution in [2.45, 2.75) is 25.8 Å². The second-order valence-electron chi connectivity index (χ2n) is 8.11. The first-order valence-electron chi connectivity index (χ1n) is 11.2. The maximum atomic E-state index is 12.2.